The van der Waals surface area contributed by atoms with Gasteiger partial charge in [-0.2, -0.15) is 0 Å². The normalized spacial score (nSPS) is 17.7. The van der Waals surface area contributed by atoms with Gasteiger partial charge in [-0.25, -0.2) is 0 Å². The van der Waals surface area contributed by atoms with Crippen LogP contribution in [0.25, 0.3) is 0 Å². The first-order chi connectivity index (χ1) is 8.51. The third-order valence-corrected chi connectivity index (χ3v) is 4.18. The Labute approximate surface area is 122 Å². The molecule has 4 heteroatoms. The van der Waals surface area contributed by atoms with Gasteiger partial charge in [0.05, 0.1) is 18.8 Å². The SMILES string of the molecule is CC(C)(C(=O)c1ccc(I)cc1)N1CCOCC1. The van der Waals surface area contributed by atoms with Crippen LogP contribution in [0.15, 0.2) is 24.3 Å². The highest BCUT2D eigenvalue weighted by molar-refractivity contribution is 14.1. The van der Waals surface area contributed by atoms with Crippen molar-refractivity contribution in [1.29, 1.82) is 0 Å². The van der Waals surface area contributed by atoms with Crippen LogP contribution in [0, 0.1) is 3.57 Å². The number of rotatable bonds is 3. The zero-order chi connectivity index (χ0) is 13.2. The molecule has 0 spiro atoms. The number of nitrogens with zero attached hydrogens (tertiary/aromatic N) is 1. The summed E-state index contributed by atoms with van der Waals surface area (Å²) in [6.45, 7) is 7.07. The molecule has 0 bridgehead atoms. The van der Waals surface area contributed by atoms with Crippen molar-refractivity contribution in [2.75, 3.05) is 26.3 Å². The lowest BCUT2D eigenvalue weighted by atomic mass is 9.91. The Kier molecular flexibility index (Phi) is 4.40. The Morgan fingerprint density at radius 2 is 1.78 bits per heavy atom. The molecule has 0 unspecified atom stereocenters. The van der Waals surface area contributed by atoms with Crippen LogP contribution in [0.2, 0.25) is 0 Å². The smallest absolute Gasteiger partial charge is 0.182 e. The lowest BCUT2D eigenvalue weighted by molar-refractivity contribution is -0.00429. The van der Waals surface area contributed by atoms with Gasteiger partial charge in [-0.15, -0.1) is 0 Å². The minimum atomic E-state index is -0.462. The van der Waals surface area contributed by atoms with Gasteiger partial charge in [-0.3, -0.25) is 9.69 Å². The molecule has 2 rings (SSSR count). The van der Waals surface area contributed by atoms with Crippen LogP contribution in [0.1, 0.15) is 24.2 Å². The van der Waals surface area contributed by atoms with Gasteiger partial charge in [0.25, 0.3) is 0 Å². The van der Waals surface area contributed by atoms with Crippen LogP contribution in [-0.2, 0) is 4.74 Å². The van der Waals surface area contributed by atoms with Crippen LogP contribution >= 0.6 is 22.6 Å². The quantitative estimate of drug-likeness (QED) is 0.614. The summed E-state index contributed by atoms with van der Waals surface area (Å²) >= 11 is 2.25. The number of carbonyl (C=O) groups excluding carboxylic acids is 1. The van der Waals surface area contributed by atoms with Gasteiger partial charge < -0.3 is 4.74 Å². The molecule has 1 aliphatic rings. The van der Waals surface area contributed by atoms with E-state index in [9.17, 15) is 4.79 Å². The molecule has 1 heterocycles. The van der Waals surface area contributed by atoms with Gasteiger partial charge >= 0.3 is 0 Å². The average molecular weight is 359 g/mol. The maximum absolute atomic E-state index is 12.6. The minimum absolute atomic E-state index is 0.181. The van der Waals surface area contributed by atoms with Gasteiger partial charge in [-0.1, -0.05) is 12.1 Å². The summed E-state index contributed by atoms with van der Waals surface area (Å²) in [6.07, 6.45) is 0. The van der Waals surface area contributed by atoms with Gasteiger partial charge in [0.1, 0.15) is 0 Å². The third-order valence-electron chi connectivity index (χ3n) is 3.46. The molecule has 1 aliphatic heterocycles. The summed E-state index contributed by atoms with van der Waals surface area (Å²) in [5, 5.41) is 0. The molecule has 0 amide bonds. The number of ether oxygens (including phenoxy) is 1. The van der Waals surface area contributed by atoms with Crippen LogP contribution in [0.5, 0.6) is 0 Å². The lowest BCUT2D eigenvalue weighted by Crippen LogP contribution is -2.54. The number of halogens is 1. The van der Waals surface area contributed by atoms with E-state index in [0.717, 1.165) is 22.2 Å². The van der Waals surface area contributed by atoms with Crippen molar-refractivity contribution in [3.8, 4) is 0 Å². The standard InChI is InChI=1S/C14H18INO2/c1-14(2,16-7-9-18-10-8-16)13(17)11-3-5-12(15)6-4-11/h3-6H,7-10H2,1-2H3. The number of carbonyl (C=O) groups is 1. The third kappa shape index (κ3) is 2.92. The zero-order valence-electron chi connectivity index (χ0n) is 10.8. The highest BCUT2D eigenvalue weighted by Crippen LogP contribution is 2.22. The van der Waals surface area contributed by atoms with Gasteiger partial charge in [0.2, 0.25) is 0 Å². The molecule has 0 N–H and O–H groups in total. The Bertz CT molecular complexity index is 422. The van der Waals surface area contributed by atoms with Crippen molar-refractivity contribution in [2.45, 2.75) is 19.4 Å². The Morgan fingerprint density at radius 1 is 1.22 bits per heavy atom. The maximum Gasteiger partial charge on any atom is 0.182 e. The number of morpholine rings is 1. The number of hydrogen-bond donors (Lipinski definition) is 0. The number of Topliss-reactive ketones (excluding diaryl/α,β-unsaturated/α-hetero) is 1. The van der Waals surface area contributed by atoms with E-state index in [1.54, 1.807) is 0 Å². The topological polar surface area (TPSA) is 29.5 Å². The summed E-state index contributed by atoms with van der Waals surface area (Å²) in [6, 6.07) is 7.77. The van der Waals surface area contributed by atoms with Crippen molar-refractivity contribution in [2.24, 2.45) is 0 Å². The van der Waals surface area contributed by atoms with E-state index < -0.39 is 5.54 Å². The Hall–Kier alpha value is -0.460. The van der Waals surface area contributed by atoms with Gasteiger partial charge in [-0.05, 0) is 48.6 Å². The largest absolute Gasteiger partial charge is 0.379 e. The molecule has 0 radical (unpaired) electrons. The predicted molar refractivity (Wildman–Crippen MR) is 80.0 cm³/mol. The van der Waals surface area contributed by atoms with Crippen LogP contribution < -0.4 is 0 Å². The molecular weight excluding hydrogens is 341 g/mol. The average Bonchev–Trinajstić information content (AvgIpc) is 2.40. The minimum Gasteiger partial charge on any atom is -0.379 e. The van der Waals surface area contributed by atoms with E-state index >= 15 is 0 Å². The first kappa shape index (κ1) is 14.0. The first-order valence-corrected chi connectivity index (χ1v) is 7.23. The monoisotopic (exact) mass is 359 g/mol. The number of benzene rings is 1. The van der Waals surface area contributed by atoms with Crippen LogP contribution in [0.4, 0.5) is 0 Å². The van der Waals surface area contributed by atoms with Crippen molar-refractivity contribution in [1.82, 2.24) is 4.90 Å². The second kappa shape index (κ2) is 5.67. The molecule has 1 saturated heterocycles. The fourth-order valence-corrected chi connectivity index (χ4v) is 2.58. The number of ketones is 1. The second-order valence-electron chi connectivity index (χ2n) is 4.99. The summed E-state index contributed by atoms with van der Waals surface area (Å²) < 4.78 is 6.49. The van der Waals surface area contributed by atoms with Crippen molar-refractivity contribution in [3.63, 3.8) is 0 Å². The first-order valence-electron chi connectivity index (χ1n) is 6.15. The van der Waals surface area contributed by atoms with Gasteiger partial charge in [0.15, 0.2) is 5.78 Å². The molecule has 18 heavy (non-hydrogen) atoms. The molecule has 98 valence electrons. The second-order valence-corrected chi connectivity index (χ2v) is 6.24. The lowest BCUT2D eigenvalue weighted by Gasteiger charge is -2.39. The summed E-state index contributed by atoms with van der Waals surface area (Å²) in [5.74, 6) is 0.181. The number of hydrogen-bond acceptors (Lipinski definition) is 3. The van der Waals surface area contributed by atoms with E-state index in [0.29, 0.717) is 13.2 Å². The highest BCUT2D eigenvalue weighted by atomic mass is 127. The summed E-state index contributed by atoms with van der Waals surface area (Å²) in [7, 11) is 0. The molecule has 1 aromatic rings. The molecule has 1 fully saturated rings. The van der Waals surface area contributed by atoms with Crippen molar-refractivity contribution >= 4 is 28.4 Å². The molecule has 0 aliphatic carbocycles. The maximum atomic E-state index is 12.6. The van der Waals surface area contributed by atoms with Gasteiger partial charge in [0, 0.05) is 22.2 Å². The summed E-state index contributed by atoms with van der Waals surface area (Å²) in [4.78, 5) is 14.8. The molecule has 0 atom stereocenters. The van der Waals surface area contributed by atoms with E-state index in [2.05, 4.69) is 27.5 Å². The van der Waals surface area contributed by atoms with E-state index in [1.165, 1.54) is 0 Å². The zero-order valence-corrected chi connectivity index (χ0v) is 12.9. The Balaban J connectivity index is 2.17. The van der Waals surface area contributed by atoms with Crippen LogP contribution in [-0.4, -0.2) is 42.5 Å². The Morgan fingerprint density at radius 3 is 2.33 bits per heavy atom. The molecular formula is C14H18INO2. The fourth-order valence-electron chi connectivity index (χ4n) is 2.22. The molecule has 1 aromatic carbocycles. The van der Waals surface area contributed by atoms with Crippen molar-refractivity contribution in [3.05, 3.63) is 33.4 Å². The molecule has 0 saturated carbocycles. The predicted octanol–water partition coefficient (Wildman–Crippen LogP) is 2.58. The van der Waals surface area contributed by atoms with E-state index in [-0.39, 0.29) is 5.78 Å². The molecule has 3 nitrogen and oxygen atoms in total. The van der Waals surface area contributed by atoms with E-state index in [4.69, 9.17) is 4.74 Å². The van der Waals surface area contributed by atoms with E-state index in [1.807, 2.05) is 38.1 Å². The van der Waals surface area contributed by atoms with Crippen LogP contribution in [0.3, 0.4) is 0 Å². The van der Waals surface area contributed by atoms with Crippen molar-refractivity contribution < 1.29 is 9.53 Å². The molecule has 0 aromatic heterocycles. The summed E-state index contributed by atoms with van der Waals surface area (Å²) in [5.41, 5.74) is 0.322. The fraction of sp³-hybridized carbons (Fsp3) is 0.500. The highest BCUT2D eigenvalue weighted by Gasteiger charge is 2.35.